The van der Waals surface area contributed by atoms with Crippen LogP contribution in [0.1, 0.15) is 12.0 Å². The Bertz CT molecular complexity index is 452. The molecule has 0 saturated heterocycles. The van der Waals surface area contributed by atoms with Crippen molar-refractivity contribution in [1.82, 2.24) is 4.90 Å². The lowest BCUT2D eigenvalue weighted by Crippen LogP contribution is -2.26. The summed E-state index contributed by atoms with van der Waals surface area (Å²) in [5, 5.41) is 3.05. The summed E-state index contributed by atoms with van der Waals surface area (Å²) >= 11 is 0. The van der Waals surface area contributed by atoms with Crippen molar-refractivity contribution in [3.8, 4) is 0 Å². The van der Waals surface area contributed by atoms with Crippen molar-refractivity contribution in [2.45, 2.75) is 12.6 Å². The van der Waals surface area contributed by atoms with Crippen molar-refractivity contribution in [3.05, 3.63) is 41.6 Å². The molecule has 18 heavy (non-hydrogen) atoms. The lowest BCUT2D eigenvalue weighted by atomic mass is 10.1. The number of benzene rings is 1. The fraction of sp³-hybridized carbons (Fsp3) is 0.385. The zero-order valence-electron chi connectivity index (χ0n) is 10.1. The molecule has 0 atom stereocenters. The predicted molar refractivity (Wildman–Crippen MR) is 65.3 cm³/mol. The summed E-state index contributed by atoms with van der Waals surface area (Å²) in [5.74, 6) is 0. The molecule has 1 aliphatic heterocycles. The molecule has 0 unspecified atom stereocenters. The van der Waals surface area contributed by atoms with Gasteiger partial charge in [-0.05, 0) is 31.7 Å². The summed E-state index contributed by atoms with van der Waals surface area (Å²) in [6.45, 7) is 1.74. The third-order valence-corrected chi connectivity index (χ3v) is 2.91. The number of likely N-dealkylation sites (N-methyl/N-ethyl adjacent to an activating group) is 1. The van der Waals surface area contributed by atoms with E-state index >= 15 is 0 Å². The highest BCUT2D eigenvalue weighted by atomic mass is 19.4. The van der Waals surface area contributed by atoms with Gasteiger partial charge >= 0.3 is 6.18 Å². The maximum atomic E-state index is 12.5. The normalized spacial score (nSPS) is 17.4. The zero-order valence-corrected chi connectivity index (χ0v) is 10.1. The van der Waals surface area contributed by atoms with E-state index in [1.54, 1.807) is 6.07 Å². The van der Waals surface area contributed by atoms with Crippen LogP contribution in [0, 0.1) is 0 Å². The molecule has 5 heteroatoms. The summed E-state index contributed by atoms with van der Waals surface area (Å²) in [4.78, 5) is 2.15. The summed E-state index contributed by atoms with van der Waals surface area (Å²) in [6, 6.07) is 5.28. The number of halogens is 3. The molecule has 1 aromatic rings. The Hall–Kier alpha value is -1.49. The lowest BCUT2D eigenvalue weighted by molar-refractivity contribution is -0.137. The van der Waals surface area contributed by atoms with Crippen molar-refractivity contribution in [2.75, 3.05) is 25.5 Å². The zero-order chi connectivity index (χ0) is 13.2. The Morgan fingerprint density at radius 1 is 1.28 bits per heavy atom. The molecule has 0 radical (unpaired) electrons. The van der Waals surface area contributed by atoms with Gasteiger partial charge in [0.05, 0.1) is 5.56 Å². The number of nitrogens with one attached hydrogen (secondary N) is 1. The van der Waals surface area contributed by atoms with Crippen molar-refractivity contribution in [2.24, 2.45) is 0 Å². The topological polar surface area (TPSA) is 15.3 Å². The van der Waals surface area contributed by atoms with Crippen LogP contribution >= 0.6 is 0 Å². The van der Waals surface area contributed by atoms with Gasteiger partial charge in [0.1, 0.15) is 0 Å². The Labute approximate surface area is 104 Å². The van der Waals surface area contributed by atoms with Crippen LogP contribution in [0.25, 0.3) is 0 Å². The molecule has 2 nitrogen and oxygen atoms in total. The SMILES string of the molecule is CN1CC=C(Nc2cccc(C(F)(F)F)c2)CC1. The van der Waals surface area contributed by atoms with E-state index in [-0.39, 0.29) is 0 Å². The molecular weight excluding hydrogens is 241 g/mol. The van der Waals surface area contributed by atoms with E-state index < -0.39 is 11.7 Å². The summed E-state index contributed by atoms with van der Waals surface area (Å²) < 4.78 is 37.6. The van der Waals surface area contributed by atoms with Crippen LogP contribution in [0.5, 0.6) is 0 Å². The number of anilines is 1. The average molecular weight is 256 g/mol. The summed E-state index contributed by atoms with van der Waals surface area (Å²) in [6.07, 6.45) is -1.46. The fourth-order valence-electron chi connectivity index (χ4n) is 1.84. The number of nitrogens with zero attached hydrogens (tertiary/aromatic N) is 1. The molecule has 0 saturated carbocycles. The van der Waals surface area contributed by atoms with Gasteiger partial charge in [0.15, 0.2) is 0 Å². The summed E-state index contributed by atoms with van der Waals surface area (Å²) in [7, 11) is 2.01. The molecule has 0 aliphatic carbocycles. The van der Waals surface area contributed by atoms with Crippen LogP contribution in [-0.4, -0.2) is 25.0 Å². The lowest BCUT2D eigenvalue weighted by Gasteiger charge is -2.23. The molecule has 2 rings (SSSR count). The maximum absolute atomic E-state index is 12.5. The van der Waals surface area contributed by atoms with Crippen LogP contribution < -0.4 is 5.32 Å². The molecule has 0 bridgehead atoms. The van der Waals surface area contributed by atoms with E-state index in [0.717, 1.165) is 37.3 Å². The van der Waals surface area contributed by atoms with Crippen molar-refractivity contribution in [3.63, 3.8) is 0 Å². The standard InChI is InChI=1S/C13H15F3N2/c1-18-7-5-11(6-8-18)17-12-4-2-3-10(9-12)13(14,15)16/h2-5,9,17H,6-8H2,1H3. The molecule has 1 heterocycles. The van der Waals surface area contributed by atoms with Gasteiger partial charge in [-0.1, -0.05) is 12.1 Å². The van der Waals surface area contributed by atoms with Crippen molar-refractivity contribution >= 4 is 5.69 Å². The van der Waals surface area contributed by atoms with Gasteiger partial charge < -0.3 is 10.2 Å². The molecule has 0 aromatic heterocycles. The highest BCUT2D eigenvalue weighted by Crippen LogP contribution is 2.31. The minimum Gasteiger partial charge on any atom is -0.359 e. The first kappa shape index (κ1) is 13.0. The Kier molecular flexibility index (Phi) is 3.61. The van der Waals surface area contributed by atoms with Gasteiger partial charge in [-0.25, -0.2) is 0 Å². The van der Waals surface area contributed by atoms with E-state index in [1.807, 2.05) is 13.1 Å². The second-order valence-electron chi connectivity index (χ2n) is 4.45. The number of rotatable bonds is 2. The van der Waals surface area contributed by atoms with Crippen molar-refractivity contribution < 1.29 is 13.2 Å². The molecular formula is C13H15F3N2. The third-order valence-electron chi connectivity index (χ3n) is 2.91. The highest BCUT2D eigenvalue weighted by Gasteiger charge is 2.30. The van der Waals surface area contributed by atoms with E-state index in [2.05, 4.69) is 10.2 Å². The van der Waals surface area contributed by atoms with Gasteiger partial charge in [-0.2, -0.15) is 13.2 Å². The Balaban J connectivity index is 2.10. The van der Waals surface area contributed by atoms with Crippen LogP contribution in [0.3, 0.4) is 0 Å². The fourth-order valence-corrected chi connectivity index (χ4v) is 1.84. The molecule has 1 aliphatic rings. The summed E-state index contributed by atoms with van der Waals surface area (Å²) in [5.41, 5.74) is 0.842. The predicted octanol–water partition coefficient (Wildman–Crippen LogP) is 3.34. The van der Waals surface area contributed by atoms with Crippen LogP contribution in [0.15, 0.2) is 36.0 Å². The van der Waals surface area contributed by atoms with E-state index in [4.69, 9.17) is 0 Å². The molecule has 98 valence electrons. The molecule has 0 fully saturated rings. The minimum absolute atomic E-state index is 0.487. The van der Waals surface area contributed by atoms with Crippen LogP contribution in [0.2, 0.25) is 0 Å². The first-order chi connectivity index (χ1) is 8.45. The van der Waals surface area contributed by atoms with Gasteiger partial charge in [-0.15, -0.1) is 0 Å². The van der Waals surface area contributed by atoms with E-state index in [0.29, 0.717) is 5.69 Å². The second-order valence-corrected chi connectivity index (χ2v) is 4.45. The van der Waals surface area contributed by atoms with E-state index in [1.165, 1.54) is 6.07 Å². The van der Waals surface area contributed by atoms with Crippen LogP contribution in [-0.2, 0) is 6.18 Å². The maximum Gasteiger partial charge on any atom is 0.416 e. The third kappa shape index (κ3) is 3.26. The molecule has 1 N–H and O–H groups in total. The number of hydrogen-bond donors (Lipinski definition) is 1. The Morgan fingerprint density at radius 2 is 2.06 bits per heavy atom. The Morgan fingerprint density at radius 3 is 2.67 bits per heavy atom. The van der Waals surface area contributed by atoms with E-state index in [9.17, 15) is 13.2 Å². The van der Waals surface area contributed by atoms with Gasteiger partial charge in [-0.3, -0.25) is 0 Å². The number of alkyl halides is 3. The minimum atomic E-state index is -4.29. The first-order valence-electron chi connectivity index (χ1n) is 5.77. The smallest absolute Gasteiger partial charge is 0.359 e. The second kappa shape index (κ2) is 5.02. The monoisotopic (exact) mass is 256 g/mol. The average Bonchev–Trinajstić information content (AvgIpc) is 2.31. The quantitative estimate of drug-likeness (QED) is 0.873. The van der Waals surface area contributed by atoms with Gasteiger partial charge in [0, 0.05) is 24.5 Å². The number of hydrogen-bond acceptors (Lipinski definition) is 2. The van der Waals surface area contributed by atoms with Crippen molar-refractivity contribution in [1.29, 1.82) is 0 Å². The molecule has 1 aromatic carbocycles. The highest BCUT2D eigenvalue weighted by molar-refractivity contribution is 5.51. The van der Waals surface area contributed by atoms with Crippen LogP contribution in [0.4, 0.5) is 18.9 Å². The van der Waals surface area contributed by atoms with Gasteiger partial charge in [0.25, 0.3) is 0 Å². The molecule has 0 amide bonds. The largest absolute Gasteiger partial charge is 0.416 e. The first-order valence-corrected chi connectivity index (χ1v) is 5.77. The molecule has 0 spiro atoms. The van der Waals surface area contributed by atoms with Gasteiger partial charge in [0.2, 0.25) is 0 Å².